The van der Waals surface area contributed by atoms with Crippen LogP contribution in [0.4, 0.5) is 0 Å². The van der Waals surface area contributed by atoms with Gasteiger partial charge in [-0.25, -0.2) is 0 Å². The third-order valence-corrected chi connectivity index (χ3v) is 3.52. The highest BCUT2D eigenvalue weighted by Crippen LogP contribution is 2.15. The Morgan fingerprint density at radius 3 is 2.62 bits per heavy atom. The number of hydrogen-bond acceptors (Lipinski definition) is 2. The Bertz CT molecular complexity index is 524. The van der Waals surface area contributed by atoms with Crippen LogP contribution in [0.15, 0.2) is 54.6 Å². The molecular formula is C19H25NO. The van der Waals surface area contributed by atoms with E-state index in [1.165, 1.54) is 11.1 Å². The fourth-order valence-electron chi connectivity index (χ4n) is 2.30. The zero-order valence-corrected chi connectivity index (χ0v) is 13.0. The van der Waals surface area contributed by atoms with Gasteiger partial charge in [-0.05, 0) is 35.6 Å². The number of ether oxygens (including phenoxy) is 1. The maximum Gasteiger partial charge on any atom is 0.119 e. The minimum Gasteiger partial charge on any atom is -0.494 e. The summed E-state index contributed by atoms with van der Waals surface area (Å²) >= 11 is 0. The van der Waals surface area contributed by atoms with Crippen molar-refractivity contribution in [2.24, 2.45) is 0 Å². The van der Waals surface area contributed by atoms with E-state index in [4.69, 9.17) is 4.74 Å². The highest BCUT2D eigenvalue weighted by atomic mass is 16.5. The molecule has 0 saturated carbocycles. The van der Waals surface area contributed by atoms with Crippen LogP contribution in [0.5, 0.6) is 5.75 Å². The summed E-state index contributed by atoms with van der Waals surface area (Å²) in [6.45, 7) is 7.01. The zero-order chi connectivity index (χ0) is 14.9. The molecule has 0 saturated heterocycles. The summed E-state index contributed by atoms with van der Waals surface area (Å²) in [5.74, 6) is 1.48. The summed E-state index contributed by atoms with van der Waals surface area (Å²) in [7, 11) is 0. The Morgan fingerprint density at radius 2 is 1.86 bits per heavy atom. The van der Waals surface area contributed by atoms with E-state index in [1.54, 1.807) is 0 Å². The Hall–Kier alpha value is -1.80. The number of hydrogen-bond donors (Lipinski definition) is 1. The van der Waals surface area contributed by atoms with Crippen molar-refractivity contribution < 1.29 is 4.74 Å². The van der Waals surface area contributed by atoms with E-state index in [2.05, 4.69) is 67.7 Å². The molecule has 0 bridgehead atoms. The Morgan fingerprint density at radius 1 is 1.05 bits per heavy atom. The molecule has 21 heavy (non-hydrogen) atoms. The molecule has 2 nitrogen and oxygen atoms in total. The maximum atomic E-state index is 5.66. The van der Waals surface area contributed by atoms with Crippen LogP contribution < -0.4 is 10.1 Å². The molecule has 1 N–H and O–H groups in total. The van der Waals surface area contributed by atoms with Crippen molar-refractivity contribution >= 4 is 0 Å². The van der Waals surface area contributed by atoms with Gasteiger partial charge in [0.2, 0.25) is 0 Å². The van der Waals surface area contributed by atoms with Crippen molar-refractivity contribution in [3.8, 4) is 5.75 Å². The largest absolute Gasteiger partial charge is 0.494 e. The molecule has 0 aromatic heterocycles. The smallest absolute Gasteiger partial charge is 0.119 e. The first-order chi connectivity index (χ1) is 10.3. The first-order valence-electron chi connectivity index (χ1n) is 7.77. The van der Waals surface area contributed by atoms with Crippen molar-refractivity contribution in [2.75, 3.05) is 13.2 Å². The minimum absolute atomic E-state index is 0.519. The third-order valence-electron chi connectivity index (χ3n) is 3.52. The number of benzene rings is 2. The first kappa shape index (κ1) is 15.6. The first-order valence-corrected chi connectivity index (χ1v) is 7.77. The summed E-state index contributed by atoms with van der Waals surface area (Å²) in [6.07, 6.45) is 1.04. The van der Waals surface area contributed by atoms with Crippen molar-refractivity contribution in [2.45, 2.75) is 32.7 Å². The fraction of sp³-hybridized carbons (Fsp3) is 0.368. The van der Waals surface area contributed by atoms with Crippen LogP contribution in [0.2, 0.25) is 0 Å². The van der Waals surface area contributed by atoms with Gasteiger partial charge in [0.1, 0.15) is 5.75 Å². The Labute approximate surface area is 128 Å². The SMILES string of the molecule is CCCOc1cccc(CNCC(C)c2ccccc2)c1. The predicted molar refractivity (Wildman–Crippen MR) is 88.8 cm³/mol. The molecule has 0 spiro atoms. The molecule has 0 heterocycles. The molecule has 2 aromatic rings. The fourth-order valence-corrected chi connectivity index (χ4v) is 2.30. The van der Waals surface area contributed by atoms with Crippen LogP contribution in [-0.2, 0) is 6.54 Å². The van der Waals surface area contributed by atoms with Gasteiger partial charge in [0.25, 0.3) is 0 Å². The van der Waals surface area contributed by atoms with E-state index < -0.39 is 0 Å². The Balaban J connectivity index is 1.80. The van der Waals surface area contributed by atoms with E-state index in [1.807, 2.05) is 6.07 Å². The van der Waals surface area contributed by atoms with Gasteiger partial charge in [-0.2, -0.15) is 0 Å². The van der Waals surface area contributed by atoms with E-state index in [9.17, 15) is 0 Å². The molecule has 0 aliphatic heterocycles. The lowest BCUT2D eigenvalue weighted by atomic mass is 10.0. The third kappa shape index (κ3) is 5.24. The number of nitrogens with one attached hydrogen (secondary N) is 1. The molecule has 2 heteroatoms. The second kappa shape index (κ2) is 8.48. The van der Waals surface area contributed by atoms with Gasteiger partial charge in [0.15, 0.2) is 0 Å². The average molecular weight is 283 g/mol. The molecule has 0 aliphatic carbocycles. The molecule has 1 atom stereocenters. The van der Waals surface area contributed by atoms with Crippen LogP contribution in [0.1, 0.15) is 37.3 Å². The molecule has 2 rings (SSSR count). The van der Waals surface area contributed by atoms with E-state index in [0.29, 0.717) is 5.92 Å². The van der Waals surface area contributed by atoms with E-state index >= 15 is 0 Å². The average Bonchev–Trinajstić information content (AvgIpc) is 2.54. The second-order valence-electron chi connectivity index (χ2n) is 5.44. The quantitative estimate of drug-likeness (QED) is 0.777. The summed E-state index contributed by atoms with van der Waals surface area (Å²) in [4.78, 5) is 0. The molecule has 0 aliphatic rings. The lowest BCUT2D eigenvalue weighted by Crippen LogP contribution is -2.19. The molecule has 0 amide bonds. The molecule has 112 valence electrons. The van der Waals surface area contributed by atoms with Gasteiger partial charge in [0.05, 0.1) is 6.61 Å². The molecular weight excluding hydrogens is 258 g/mol. The normalized spacial score (nSPS) is 12.1. The van der Waals surface area contributed by atoms with Gasteiger partial charge in [-0.3, -0.25) is 0 Å². The van der Waals surface area contributed by atoms with Gasteiger partial charge in [-0.15, -0.1) is 0 Å². The minimum atomic E-state index is 0.519. The van der Waals surface area contributed by atoms with Crippen LogP contribution in [0, 0.1) is 0 Å². The monoisotopic (exact) mass is 283 g/mol. The van der Waals surface area contributed by atoms with Crippen molar-refractivity contribution in [1.82, 2.24) is 5.32 Å². The molecule has 0 fully saturated rings. The molecule has 0 radical (unpaired) electrons. The van der Waals surface area contributed by atoms with Gasteiger partial charge in [-0.1, -0.05) is 56.3 Å². The van der Waals surface area contributed by atoms with E-state index in [0.717, 1.165) is 31.9 Å². The van der Waals surface area contributed by atoms with Crippen LogP contribution in [0.25, 0.3) is 0 Å². The zero-order valence-electron chi connectivity index (χ0n) is 13.0. The maximum absolute atomic E-state index is 5.66. The summed E-state index contributed by atoms with van der Waals surface area (Å²) < 4.78 is 5.66. The van der Waals surface area contributed by atoms with Gasteiger partial charge >= 0.3 is 0 Å². The van der Waals surface area contributed by atoms with Crippen LogP contribution in [0.3, 0.4) is 0 Å². The molecule has 1 unspecified atom stereocenters. The number of rotatable bonds is 8. The Kier molecular flexibility index (Phi) is 6.29. The predicted octanol–water partition coefficient (Wildman–Crippen LogP) is 4.37. The summed E-state index contributed by atoms with van der Waals surface area (Å²) in [5, 5.41) is 3.53. The van der Waals surface area contributed by atoms with Crippen LogP contribution in [-0.4, -0.2) is 13.2 Å². The molecule has 2 aromatic carbocycles. The van der Waals surface area contributed by atoms with Crippen molar-refractivity contribution in [3.05, 3.63) is 65.7 Å². The standard InChI is InChI=1S/C19H25NO/c1-3-12-21-19-11-7-8-17(13-19)15-20-14-16(2)18-9-5-4-6-10-18/h4-11,13,16,20H,3,12,14-15H2,1-2H3. The summed E-state index contributed by atoms with van der Waals surface area (Å²) in [6, 6.07) is 19.0. The highest BCUT2D eigenvalue weighted by Gasteiger charge is 2.04. The lowest BCUT2D eigenvalue weighted by molar-refractivity contribution is 0.317. The summed E-state index contributed by atoms with van der Waals surface area (Å²) in [5.41, 5.74) is 2.65. The second-order valence-corrected chi connectivity index (χ2v) is 5.44. The van der Waals surface area contributed by atoms with Gasteiger partial charge < -0.3 is 10.1 Å². The van der Waals surface area contributed by atoms with Crippen LogP contribution >= 0.6 is 0 Å². The van der Waals surface area contributed by atoms with E-state index in [-0.39, 0.29) is 0 Å². The topological polar surface area (TPSA) is 21.3 Å². The highest BCUT2D eigenvalue weighted by molar-refractivity contribution is 5.28. The van der Waals surface area contributed by atoms with Crippen molar-refractivity contribution in [3.63, 3.8) is 0 Å². The van der Waals surface area contributed by atoms with Gasteiger partial charge in [0, 0.05) is 13.1 Å². The lowest BCUT2D eigenvalue weighted by Gasteiger charge is -2.13. The van der Waals surface area contributed by atoms with Crippen molar-refractivity contribution in [1.29, 1.82) is 0 Å².